The molecule has 11 aromatic carbocycles. The summed E-state index contributed by atoms with van der Waals surface area (Å²) in [5.74, 6) is 0. The molecule has 0 amide bonds. The number of nitrogens with zero attached hydrogens (tertiary/aromatic N) is 2. The van der Waals surface area contributed by atoms with Gasteiger partial charge in [-0.1, -0.05) is 149 Å². The molecule has 1 aliphatic heterocycles. The van der Waals surface area contributed by atoms with Crippen LogP contribution in [0.4, 0.5) is 34.1 Å². The van der Waals surface area contributed by atoms with Crippen molar-refractivity contribution in [1.29, 1.82) is 0 Å². The Balaban J connectivity index is 0.980. The zero-order chi connectivity index (χ0) is 41.5. The fourth-order valence-corrected chi connectivity index (χ4v) is 11.4. The molecule has 0 aromatic heterocycles. The van der Waals surface area contributed by atoms with E-state index in [9.17, 15) is 0 Å². The van der Waals surface area contributed by atoms with Crippen LogP contribution in [0, 0.1) is 0 Å². The highest BCUT2D eigenvalue weighted by atomic mass is 15.2. The van der Waals surface area contributed by atoms with Crippen molar-refractivity contribution in [2.75, 3.05) is 9.80 Å². The van der Waals surface area contributed by atoms with Gasteiger partial charge in [-0.2, -0.15) is 0 Å². The van der Waals surface area contributed by atoms with E-state index >= 15 is 0 Å². The Morgan fingerprint density at radius 3 is 1.69 bits per heavy atom. The highest BCUT2D eigenvalue weighted by molar-refractivity contribution is 6.26. The summed E-state index contributed by atoms with van der Waals surface area (Å²) in [7, 11) is 0. The molecule has 0 radical (unpaired) electrons. The van der Waals surface area contributed by atoms with Crippen molar-refractivity contribution in [3.8, 4) is 11.1 Å². The topological polar surface area (TPSA) is 6.48 Å². The summed E-state index contributed by atoms with van der Waals surface area (Å²) in [5, 5.41) is 13.0. The van der Waals surface area contributed by atoms with Gasteiger partial charge in [0.1, 0.15) is 0 Å². The second-order valence-corrected chi connectivity index (χ2v) is 18.6. The molecule has 0 N–H and O–H groups in total. The molecule has 0 saturated carbocycles. The van der Waals surface area contributed by atoms with Crippen molar-refractivity contribution in [2.24, 2.45) is 0 Å². The van der Waals surface area contributed by atoms with Gasteiger partial charge in [-0.3, -0.25) is 0 Å². The van der Waals surface area contributed by atoms with Crippen LogP contribution in [0.1, 0.15) is 49.9 Å². The van der Waals surface area contributed by atoms with Crippen LogP contribution >= 0.6 is 0 Å². The number of benzene rings is 11. The van der Waals surface area contributed by atoms with Crippen LogP contribution < -0.4 is 9.80 Å². The summed E-state index contributed by atoms with van der Waals surface area (Å²) in [6.07, 6.45) is 0. The van der Waals surface area contributed by atoms with Crippen molar-refractivity contribution < 1.29 is 0 Å². The van der Waals surface area contributed by atoms with Crippen molar-refractivity contribution in [3.05, 3.63) is 216 Å². The normalized spacial score (nSPS) is 14.7. The average molecular weight is 793 g/mol. The van der Waals surface area contributed by atoms with Gasteiger partial charge >= 0.3 is 0 Å². The maximum Gasteiger partial charge on any atom is 0.0506 e. The first-order chi connectivity index (χ1) is 30.3. The Morgan fingerprint density at radius 2 is 0.952 bits per heavy atom. The van der Waals surface area contributed by atoms with Crippen molar-refractivity contribution >= 4 is 88.0 Å². The average Bonchev–Trinajstić information content (AvgIpc) is 3.53. The lowest BCUT2D eigenvalue weighted by atomic mass is 9.71. The minimum Gasteiger partial charge on any atom is -0.310 e. The van der Waals surface area contributed by atoms with Crippen molar-refractivity contribution in [1.82, 2.24) is 0 Å². The number of para-hydroxylation sites is 3. The molecule has 294 valence electrons. The zero-order valence-corrected chi connectivity index (χ0v) is 35.4. The Morgan fingerprint density at radius 1 is 0.355 bits per heavy atom. The zero-order valence-electron chi connectivity index (χ0n) is 35.4. The predicted molar refractivity (Wildman–Crippen MR) is 264 cm³/mol. The summed E-state index contributed by atoms with van der Waals surface area (Å²) >= 11 is 0. The van der Waals surface area contributed by atoms with Gasteiger partial charge in [0, 0.05) is 33.6 Å². The summed E-state index contributed by atoms with van der Waals surface area (Å²) in [6, 6.07) is 72.6. The molecule has 2 aliphatic rings. The summed E-state index contributed by atoms with van der Waals surface area (Å²) in [4.78, 5) is 4.88. The van der Waals surface area contributed by atoms with E-state index < -0.39 is 0 Å². The van der Waals surface area contributed by atoms with Gasteiger partial charge in [-0.15, -0.1) is 0 Å². The predicted octanol–water partition coefficient (Wildman–Crippen LogP) is 16.8. The molecule has 0 bridgehead atoms. The number of hydrogen-bond acceptors (Lipinski definition) is 2. The number of fused-ring (bicyclic) bond motifs is 9. The number of anilines is 6. The smallest absolute Gasteiger partial charge is 0.0506 e. The quantitative estimate of drug-likeness (QED) is 0.164. The monoisotopic (exact) mass is 792 g/mol. The summed E-state index contributed by atoms with van der Waals surface area (Å²) < 4.78 is 0. The van der Waals surface area contributed by atoms with E-state index in [1.807, 2.05) is 0 Å². The molecule has 0 unspecified atom stereocenters. The molecule has 0 fully saturated rings. The maximum atomic E-state index is 2.57. The van der Waals surface area contributed by atoms with Crippen molar-refractivity contribution in [3.63, 3.8) is 0 Å². The van der Waals surface area contributed by atoms with E-state index in [4.69, 9.17) is 0 Å². The van der Waals surface area contributed by atoms with Crippen LogP contribution in [0.25, 0.3) is 65.0 Å². The van der Waals surface area contributed by atoms with Crippen LogP contribution in [0.2, 0.25) is 0 Å². The first-order valence-corrected chi connectivity index (χ1v) is 21.9. The molecule has 11 aromatic rings. The van der Waals surface area contributed by atoms with E-state index in [1.54, 1.807) is 0 Å². The van der Waals surface area contributed by atoms with E-state index in [0.29, 0.717) is 0 Å². The molecule has 13 rings (SSSR count). The SMILES string of the molecule is CC1(C)c2ccccc2N(c2ccc3c(ccc4cc(N(c5ccccc5)c5ccccc5)ccc43)c2)c2cc3c(cc21)-c1c(cc2ccc4cccc5ccc1c2c45)C3(C)C. The summed E-state index contributed by atoms with van der Waals surface area (Å²) in [6.45, 7) is 9.69. The van der Waals surface area contributed by atoms with E-state index in [0.717, 1.165) is 17.1 Å². The first-order valence-electron chi connectivity index (χ1n) is 21.9. The molecule has 1 heterocycles. The highest BCUT2D eigenvalue weighted by Gasteiger charge is 2.43. The third-order valence-electron chi connectivity index (χ3n) is 14.5. The van der Waals surface area contributed by atoms with Gasteiger partial charge in [-0.05, 0) is 160 Å². The molecular formula is C60H44N2. The van der Waals surface area contributed by atoms with Crippen LogP contribution in [-0.4, -0.2) is 0 Å². The minimum atomic E-state index is -0.216. The lowest BCUT2D eigenvalue weighted by Gasteiger charge is -2.43. The van der Waals surface area contributed by atoms with Crippen LogP contribution in [0.5, 0.6) is 0 Å². The fraction of sp³-hybridized carbons (Fsp3) is 0.100. The number of hydrogen-bond donors (Lipinski definition) is 0. The molecule has 0 atom stereocenters. The molecule has 2 heteroatoms. The first kappa shape index (κ1) is 35.3. The lowest BCUT2D eigenvalue weighted by Crippen LogP contribution is -2.31. The Labute approximate surface area is 362 Å². The highest BCUT2D eigenvalue weighted by Crippen LogP contribution is 2.59. The Kier molecular flexibility index (Phi) is 7.16. The Hall–Kier alpha value is -7.42. The fourth-order valence-electron chi connectivity index (χ4n) is 11.4. The van der Waals surface area contributed by atoms with Crippen molar-refractivity contribution in [2.45, 2.75) is 38.5 Å². The molecule has 1 aliphatic carbocycles. The van der Waals surface area contributed by atoms with Gasteiger partial charge < -0.3 is 9.80 Å². The van der Waals surface area contributed by atoms with Gasteiger partial charge in [0.15, 0.2) is 0 Å². The Bertz CT molecular complexity index is 3580. The molecule has 0 saturated heterocycles. The van der Waals surface area contributed by atoms with Crippen LogP contribution in [0.3, 0.4) is 0 Å². The molecule has 62 heavy (non-hydrogen) atoms. The maximum absolute atomic E-state index is 2.57. The molecule has 0 spiro atoms. The van der Waals surface area contributed by atoms with E-state index in [-0.39, 0.29) is 10.8 Å². The molecule has 2 nitrogen and oxygen atoms in total. The van der Waals surface area contributed by atoms with E-state index in [1.165, 1.54) is 104 Å². The second kappa shape index (κ2) is 12.6. The van der Waals surface area contributed by atoms with Crippen LogP contribution in [-0.2, 0) is 10.8 Å². The third kappa shape index (κ3) is 4.81. The minimum absolute atomic E-state index is 0.186. The van der Waals surface area contributed by atoms with E-state index in [2.05, 4.69) is 232 Å². The number of rotatable bonds is 4. The van der Waals surface area contributed by atoms with Crippen LogP contribution in [0.15, 0.2) is 194 Å². The standard InChI is InChI=1S/C60H44N2/c1-59(2)50-20-11-12-21-54(50)62(45-28-31-47-40(33-45)24-23-39-32-44(27-30-46(39)47)61(42-16-7-5-8-17-42)43-18-9-6-10-19-43)55-36-51-49(35-52(55)59)58-48-29-26-38-15-13-14-37-22-25-41(57(48)56(37)38)34-53(58)60(51,3)4/h5-36H,1-4H3. The third-order valence-corrected chi connectivity index (χ3v) is 14.5. The molecular weight excluding hydrogens is 749 g/mol. The lowest BCUT2D eigenvalue weighted by molar-refractivity contribution is 0.627. The largest absolute Gasteiger partial charge is 0.310 e. The van der Waals surface area contributed by atoms with Gasteiger partial charge in [0.2, 0.25) is 0 Å². The second-order valence-electron chi connectivity index (χ2n) is 18.6. The summed E-state index contributed by atoms with van der Waals surface area (Å²) in [5.41, 5.74) is 15.0. The van der Waals surface area contributed by atoms with Gasteiger partial charge in [0.25, 0.3) is 0 Å². The van der Waals surface area contributed by atoms with Gasteiger partial charge in [-0.25, -0.2) is 0 Å². The van der Waals surface area contributed by atoms with Gasteiger partial charge in [0.05, 0.1) is 11.4 Å².